The van der Waals surface area contributed by atoms with Gasteiger partial charge >= 0.3 is 0 Å². The summed E-state index contributed by atoms with van der Waals surface area (Å²) in [6.07, 6.45) is 2.76. The number of halogens is 3. The molecular formula is C11H6Cl3N3O. The number of aromatic nitrogens is 2. The van der Waals surface area contributed by atoms with Crippen LogP contribution in [0.1, 0.15) is 10.4 Å². The highest BCUT2D eigenvalue weighted by Crippen LogP contribution is 2.19. The van der Waals surface area contributed by atoms with Crippen LogP contribution in [0.4, 0.5) is 5.69 Å². The van der Waals surface area contributed by atoms with E-state index in [0.717, 1.165) is 0 Å². The molecule has 0 fully saturated rings. The first-order valence-corrected chi connectivity index (χ1v) is 5.93. The van der Waals surface area contributed by atoms with E-state index in [1.54, 1.807) is 12.1 Å². The number of anilines is 1. The Balaban J connectivity index is 2.21. The molecule has 2 aromatic rings. The predicted octanol–water partition coefficient (Wildman–Crippen LogP) is 3.69. The maximum absolute atomic E-state index is 11.9. The minimum atomic E-state index is -0.395. The molecule has 0 radical (unpaired) electrons. The normalized spacial score (nSPS) is 10.2. The van der Waals surface area contributed by atoms with Gasteiger partial charge in [-0.1, -0.05) is 34.8 Å². The molecule has 0 atom stereocenters. The summed E-state index contributed by atoms with van der Waals surface area (Å²) in [5.41, 5.74) is 0.750. The van der Waals surface area contributed by atoms with Gasteiger partial charge in [0.2, 0.25) is 0 Å². The van der Waals surface area contributed by atoms with E-state index >= 15 is 0 Å². The van der Waals surface area contributed by atoms with Crippen LogP contribution in [0, 0.1) is 0 Å². The van der Waals surface area contributed by atoms with E-state index in [1.807, 2.05) is 0 Å². The second kappa shape index (κ2) is 5.52. The maximum Gasteiger partial charge on any atom is 0.257 e. The standard InChI is InChI=1S/C11H6Cl3N3O/c12-8-5-16-10(14)3-7(8)11(18)17-6-1-2-9(13)15-4-6/h1-5H,(H,17,18). The molecule has 1 N–H and O–H groups in total. The lowest BCUT2D eigenvalue weighted by atomic mass is 10.2. The molecule has 0 aliphatic carbocycles. The fraction of sp³-hybridized carbons (Fsp3) is 0. The molecule has 0 saturated heterocycles. The molecule has 1 amide bonds. The molecule has 0 bridgehead atoms. The van der Waals surface area contributed by atoms with Crippen molar-refractivity contribution in [3.05, 3.63) is 51.5 Å². The Hall–Kier alpha value is -1.36. The van der Waals surface area contributed by atoms with Crippen molar-refractivity contribution in [3.8, 4) is 0 Å². The first-order valence-electron chi connectivity index (χ1n) is 4.80. The average molecular weight is 303 g/mol. The van der Waals surface area contributed by atoms with Crippen LogP contribution < -0.4 is 5.32 Å². The largest absolute Gasteiger partial charge is 0.321 e. The monoisotopic (exact) mass is 301 g/mol. The molecule has 4 nitrogen and oxygen atoms in total. The van der Waals surface area contributed by atoms with Crippen LogP contribution in [0.15, 0.2) is 30.6 Å². The summed E-state index contributed by atoms with van der Waals surface area (Å²) in [5, 5.41) is 3.38. The third kappa shape index (κ3) is 3.10. The van der Waals surface area contributed by atoms with Crippen molar-refractivity contribution in [2.75, 3.05) is 5.32 Å². The molecule has 0 unspecified atom stereocenters. The predicted molar refractivity (Wildman–Crippen MR) is 71.5 cm³/mol. The number of carbonyl (C=O) groups is 1. The van der Waals surface area contributed by atoms with E-state index in [2.05, 4.69) is 15.3 Å². The van der Waals surface area contributed by atoms with E-state index in [9.17, 15) is 4.79 Å². The Morgan fingerprint density at radius 2 is 1.78 bits per heavy atom. The van der Waals surface area contributed by atoms with Crippen LogP contribution >= 0.6 is 34.8 Å². The zero-order chi connectivity index (χ0) is 13.1. The summed E-state index contributed by atoms with van der Waals surface area (Å²) >= 11 is 17.2. The third-order valence-corrected chi connectivity index (χ3v) is 2.78. The van der Waals surface area contributed by atoms with Crippen LogP contribution in [-0.2, 0) is 0 Å². The number of hydrogen-bond acceptors (Lipinski definition) is 3. The number of hydrogen-bond donors (Lipinski definition) is 1. The maximum atomic E-state index is 11.9. The molecule has 0 aromatic carbocycles. The molecule has 18 heavy (non-hydrogen) atoms. The lowest BCUT2D eigenvalue weighted by molar-refractivity contribution is 0.102. The van der Waals surface area contributed by atoms with Crippen molar-refractivity contribution in [3.63, 3.8) is 0 Å². The SMILES string of the molecule is O=C(Nc1ccc(Cl)nc1)c1cc(Cl)ncc1Cl. The minimum Gasteiger partial charge on any atom is -0.321 e. The highest BCUT2D eigenvalue weighted by Gasteiger charge is 2.12. The van der Waals surface area contributed by atoms with Crippen LogP contribution in [0.2, 0.25) is 15.3 Å². The molecule has 0 spiro atoms. The van der Waals surface area contributed by atoms with Crippen LogP contribution in [0.5, 0.6) is 0 Å². The molecule has 2 heterocycles. The fourth-order valence-corrected chi connectivity index (χ4v) is 1.69. The Labute approximate surface area is 118 Å². The van der Waals surface area contributed by atoms with E-state index in [4.69, 9.17) is 34.8 Å². The van der Waals surface area contributed by atoms with Crippen molar-refractivity contribution in [2.45, 2.75) is 0 Å². The van der Waals surface area contributed by atoms with Gasteiger partial charge in [-0.25, -0.2) is 9.97 Å². The summed E-state index contributed by atoms with van der Waals surface area (Å²) in [6.45, 7) is 0. The van der Waals surface area contributed by atoms with Gasteiger partial charge in [0.1, 0.15) is 10.3 Å². The summed E-state index contributed by atoms with van der Waals surface area (Å²) in [7, 11) is 0. The van der Waals surface area contributed by atoms with Gasteiger partial charge in [-0.2, -0.15) is 0 Å². The van der Waals surface area contributed by atoms with E-state index in [1.165, 1.54) is 18.5 Å². The summed E-state index contributed by atoms with van der Waals surface area (Å²) in [5.74, 6) is -0.395. The first kappa shape index (κ1) is 13.1. The Morgan fingerprint density at radius 3 is 2.44 bits per heavy atom. The van der Waals surface area contributed by atoms with Gasteiger partial charge in [-0.05, 0) is 18.2 Å². The van der Waals surface area contributed by atoms with Crippen molar-refractivity contribution in [2.24, 2.45) is 0 Å². The highest BCUT2D eigenvalue weighted by molar-refractivity contribution is 6.35. The van der Waals surface area contributed by atoms with Crippen LogP contribution in [0.25, 0.3) is 0 Å². The second-order valence-corrected chi connectivity index (χ2v) is 4.49. The summed E-state index contributed by atoms with van der Waals surface area (Å²) in [4.78, 5) is 19.5. The molecule has 0 saturated carbocycles. The lowest BCUT2D eigenvalue weighted by Gasteiger charge is -2.06. The van der Waals surface area contributed by atoms with E-state index < -0.39 is 5.91 Å². The number of nitrogens with one attached hydrogen (secondary N) is 1. The summed E-state index contributed by atoms with van der Waals surface area (Å²) < 4.78 is 0. The third-order valence-electron chi connectivity index (χ3n) is 2.05. The molecule has 2 aromatic heterocycles. The van der Waals surface area contributed by atoms with Gasteiger partial charge in [0.05, 0.1) is 22.5 Å². The molecule has 7 heteroatoms. The van der Waals surface area contributed by atoms with Gasteiger partial charge in [0.25, 0.3) is 5.91 Å². The van der Waals surface area contributed by atoms with Gasteiger partial charge in [0.15, 0.2) is 0 Å². The van der Waals surface area contributed by atoms with Gasteiger partial charge in [-0.3, -0.25) is 4.79 Å². The highest BCUT2D eigenvalue weighted by atomic mass is 35.5. The molecule has 0 aliphatic heterocycles. The molecule has 0 aliphatic rings. The quantitative estimate of drug-likeness (QED) is 0.861. The second-order valence-electron chi connectivity index (χ2n) is 3.31. The van der Waals surface area contributed by atoms with E-state index in [-0.39, 0.29) is 15.7 Å². The minimum absolute atomic E-state index is 0.193. The lowest BCUT2D eigenvalue weighted by Crippen LogP contribution is -2.12. The van der Waals surface area contributed by atoms with Crippen molar-refractivity contribution >= 4 is 46.4 Å². The Kier molecular flexibility index (Phi) is 4.01. The first-order chi connectivity index (χ1) is 8.56. The number of pyridine rings is 2. The Bertz CT molecular complexity index is 587. The summed E-state index contributed by atoms with van der Waals surface area (Å²) in [6, 6.07) is 4.59. The number of amides is 1. The smallest absolute Gasteiger partial charge is 0.257 e. The molecule has 92 valence electrons. The topological polar surface area (TPSA) is 54.9 Å². The van der Waals surface area contributed by atoms with Crippen molar-refractivity contribution in [1.82, 2.24) is 9.97 Å². The zero-order valence-electron chi connectivity index (χ0n) is 8.82. The van der Waals surface area contributed by atoms with Gasteiger partial charge in [0, 0.05) is 6.20 Å². The molecular weight excluding hydrogens is 296 g/mol. The Morgan fingerprint density at radius 1 is 1.06 bits per heavy atom. The fourth-order valence-electron chi connectivity index (χ4n) is 1.24. The average Bonchev–Trinajstić information content (AvgIpc) is 2.35. The zero-order valence-corrected chi connectivity index (χ0v) is 11.1. The number of carbonyl (C=O) groups excluding carboxylic acids is 1. The van der Waals surface area contributed by atoms with Crippen LogP contribution in [-0.4, -0.2) is 15.9 Å². The van der Waals surface area contributed by atoms with E-state index in [0.29, 0.717) is 10.8 Å². The van der Waals surface area contributed by atoms with Crippen LogP contribution in [0.3, 0.4) is 0 Å². The number of rotatable bonds is 2. The van der Waals surface area contributed by atoms with Crippen molar-refractivity contribution < 1.29 is 4.79 Å². The number of nitrogens with zero attached hydrogens (tertiary/aromatic N) is 2. The van der Waals surface area contributed by atoms with Gasteiger partial charge < -0.3 is 5.32 Å². The molecule has 2 rings (SSSR count). The van der Waals surface area contributed by atoms with Gasteiger partial charge in [-0.15, -0.1) is 0 Å². The van der Waals surface area contributed by atoms with Crippen molar-refractivity contribution in [1.29, 1.82) is 0 Å².